The Morgan fingerprint density at radius 1 is 1.27 bits per heavy atom. The van der Waals surface area contributed by atoms with Crippen molar-refractivity contribution in [3.8, 4) is 11.6 Å². The van der Waals surface area contributed by atoms with Crippen molar-refractivity contribution in [3.63, 3.8) is 0 Å². The number of nitrogens with zero attached hydrogens (tertiary/aromatic N) is 1. The van der Waals surface area contributed by atoms with Crippen molar-refractivity contribution in [1.29, 1.82) is 0 Å². The highest BCUT2D eigenvalue weighted by Crippen LogP contribution is 2.47. The molecule has 4 nitrogen and oxygen atoms in total. The Hall–Kier alpha value is -1.89. The minimum absolute atomic E-state index is 0.145. The van der Waals surface area contributed by atoms with Crippen LogP contribution in [0.1, 0.15) is 30.0 Å². The number of aromatic hydroxyl groups is 1. The molecule has 4 rings (SSSR count). The third-order valence-corrected chi connectivity index (χ3v) is 4.32. The third-order valence-electron chi connectivity index (χ3n) is 4.32. The molecule has 0 atom stereocenters. The minimum atomic E-state index is -4.78. The van der Waals surface area contributed by atoms with E-state index in [2.05, 4.69) is 10.1 Å². The predicted molar refractivity (Wildman–Crippen MR) is 74.0 cm³/mol. The van der Waals surface area contributed by atoms with E-state index in [0.717, 1.165) is 24.1 Å². The van der Waals surface area contributed by atoms with Gasteiger partial charge in [0.2, 0.25) is 5.88 Å². The Balaban J connectivity index is 1.97. The number of hydrogen-bond donors (Lipinski definition) is 2. The van der Waals surface area contributed by atoms with Crippen molar-refractivity contribution >= 4 is 10.8 Å². The molecular weight excluding hydrogens is 297 g/mol. The maximum Gasteiger partial charge on any atom is 0.573 e. The Morgan fingerprint density at radius 2 is 2.05 bits per heavy atom. The first-order chi connectivity index (χ1) is 10.4. The average Bonchev–Trinajstić information content (AvgIpc) is 3.25. The molecule has 1 aromatic carbocycles. The molecule has 22 heavy (non-hydrogen) atoms. The SMILES string of the molecule is Oc1c2c(OC(F)(F)F)cc(C3CC3)cc2c2n1CCNC2. The van der Waals surface area contributed by atoms with Gasteiger partial charge in [0.1, 0.15) is 5.75 Å². The summed E-state index contributed by atoms with van der Waals surface area (Å²) in [7, 11) is 0. The number of fused-ring (bicyclic) bond motifs is 3. The van der Waals surface area contributed by atoms with E-state index >= 15 is 0 Å². The maximum absolute atomic E-state index is 12.7. The molecule has 1 saturated carbocycles. The van der Waals surface area contributed by atoms with Crippen molar-refractivity contribution in [3.05, 3.63) is 23.4 Å². The highest BCUT2D eigenvalue weighted by molar-refractivity contribution is 5.96. The van der Waals surface area contributed by atoms with Crippen LogP contribution in [0.5, 0.6) is 11.6 Å². The van der Waals surface area contributed by atoms with E-state index in [9.17, 15) is 18.3 Å². The molecule has 0 bridgehead atoms. The molecule has 118 valence electrons. The highest BCUT2D eigenvalue weighted by Gasteiger charge is 2.35. The lowest BCUT2D eigenvalue weighted by molar-refractivity contribution is -0.274. The second-order valence-corrected chi connectivity index (χ2v) is 5.86. The van der Waals surface area contributed by atoms with Gasteiger partial charge in [-0.25, -0.2) is 0 Å². The zero-order valence-corrected chi connectivity index (χ0v) is 11.7. The smallest absolute Gasteiger partial charge is 0.494 e. The normalized spacial score (nSPS) is 18.5. The average molecular weight is 312 g/mol. The van der Waals surface area contributed by atoms with E-state index in [0.29, 0.717) is 30.9 Å². The molecule has 2 heterocycles. The standard InChI is InChI=1S/C15H15F3N2O2/c16-15(17,18)22-12-6-9(8-1-2-8)5-10-11-7-19-3-4-20(11)14(21)13(10)12/h5-6,8,19,21H,1-4,7H2. The molecule has 0 unspecified atom stereocenters. The maximum atomic E-state index is 12.7. The zero-order valence-electron chi connectivity index (χ0n) is 11.7. The van der Waals surface area contributed by atoms with Gasteiger partial charge in [0.05, 0.1) is 5.39 Å². The van der Waals surface area contributed by atoms with Gasteiger partial charge in [0.15, 0.2) is 0 Å². The third kappa shape index (κ3) is 2.20. The van der Waals surface area contributed by atoms with E-state index in [1.165, 1.54) is 6.07 Å². The monoisotopic (exact) mass is 312 g/mol. The number of nitrogens with one attached hydrogen (secondary N) is 1. The van der Waals surface area contributed by atoms with Crippen molar-refractivity contribution in [2.24, 2.45) is 0 Å². The van der Waals surface area contributed by atoms with E-state index in [4.69, 9.17) is 0 Å². The minimum Gasteiger partial charge on any atom is -0.494 e. The van der Waals surface area contributed by atoms with Gasteiger partial charge in [-0.2, -0.15) is 0 Å². The summed E-state index contributed by atoms with van der Waals surface area (Å²) in [6, 6.07) is 3.32. The second-order valence-electron chi connectivity index (χ2n) is 5.86. The van der Waals surface area contributed by atoms with Gasteiger partial charge in [-0.05, 0) is 36.5 Å². The lowest BCUT2D eigenvalue weighted by Gasteiger charge is -2.17. The summed E-state index contributed by atoms with van der Waals surface area (Å²) in [6.45, 7) is 1.73. The highest BCUT2D eigenvalue weighted by atomic mass is 19.4. The fourth-order valence-electron chi connectivity index (χ4n) is 3.19. The molecule has 7 heteroatoms. The lowest BCUT2D eigenvalue weighted by Crippen LogP contribution is -2.27. The Bertz CT molecular complexity index is 748. The second kappa shape index (κ2) is 4.55. The van der Waals surface area contributed by atoms with Crippen LogP contribution in [-0.2, 0) is 13.1 Å². The van der Waals surface area contributed by atoms with Crippen molar-refractivity contribution in [2.45, 2.75) is 38.2 Å². The molecule has 0 amide bonds. The van der Waals surface area contributed by atoms with E-state index in [1.54, 1.807) is 4.57 Å². The number of hydrogen-bond acceptors (Lipinski definition) is 3. The number of aromatic nitrogens is 1. The Kier molecular flexibility index (Phi) is 2.84. The molecule has 2 aromatic rings. The van der Waals surface area contributed by atoms with Crippen molar-refractivity contribution in [1.82, 2.24) is 9.88 Å². The number of benzene rings is 1. The van der Waals surface area contributed by atoms with Crippen LogP contribution in [0.25, 0.3) is 10.8 Å². The number of alkyl halides is 3. The molecule has 2 aliphatic rings. The Labute approximate surface area is 124 Å². The Morgan fingerprint density at radius 3 is 2.73 bits per heavy atom. The van der Waals surface area contributed by atoms with Gasteiger partial charge in [0, 0.05) is 30.7 Å². The number of rotatable bonds is 2. The molecule has 0 saturated heterocycles. The molecule has 1 aliphatic heterocycles. The lowest BCUT2D eigenvalue weighted by atomic mass is 10.0. The molecule has 1 aliphatic carbocycles. The van der Waals surface area contributed by atoms with Crippen LogP contribution in [0, 0.1) is 0 Å². The van der Waals surface area contributed by atoms with Crippen LogP contribution in [0.15, 0.2) is 12.1 Å². The zero-order chi connectivity index (χ0) is 15.5. The van der Waals surface area contributed by atoms with Crippen molar-refractivity contribution in [2.75, 3.05) is 6.54 Å². The quantitative estimate of drug-likeness (QED) is 0.895. The molecule has 1 fully saturated rings. The molecular formula is C15H15F3N2O2. The van der Waals surface area contributed by atoms with Gasteiger partial charge in [0.25, 0.3) is 0 Å². The van der Waals surface area contributed by atoms with Crippen LogP contribution in [0.4, 0.5) is 13.2 Å². The van der Waals surface area contributed by atoms with Crippen LogP contribution < -0.4 is 10.1 Å². The number of ether oxygens (including phenoxy) is 1. The van der Waals surface area contributed by atoms with E-state index < -0.39 is 6.36 Å². The largest absolute Gasteiger partial charge is 0.573 e. The van der Waals surface area contributed by atoms with Crippen LogP contribution in [0.3, 0.4) is 0 Å². The van der Waals surface area contributed by atoms with Gasteiger partial charge >= 0.3 is 6.36 Å². The summed E-state index contributed by atoms with van der Waals surface area (Å²) in [4.78, 5) is 0. The molecule has 0 spiro atoms. The van der Waals surface area contributed by atoms with Crippen LogP contribution >= 0.6 is 0 Å². The summed E-state index contributed by atoms with van der Waals surface area (Å²) in [5, 5.41) is 14.3. The fourth-order valence-corrected chi connectivity index (χ4v) is 3.19. The van der Waals surface area contributed by atoms with Crippen LogP contribution in [-0.4, -0.2) is 22.6 Å². The van der Waals surface area contributed by atoms with Gasteiger partial charge < -0.3 is 19.7 Å². The first-order valence-electron chi connectivity index (χ1n) is 7.28. The van der Waals surface area contributed by atoms with Gasteiger partial charge in [-0.3, -0.25) is 0 Å². The number of halogens is 3. The van der Waals surface area contributed by atoms with E-state index in [-0.39, 0.29) is 17.0 Å². The summed E-state index contributed by atoms with van der Waals surface area (Å²) < 4.78 is 44.0. The summed E-state index contributed by atoms with van der Waals surface area (Å²) in [5.74, 6) is -0.145. The summed E-state index contributed by atoms with van der Waals surface area (Å²) >= 11 is 0. The predicted octanol–water partition coefficient (Wildman–Crippen LogP) is 3.23. The summed E-state index contributed by atoms with van der Waals surface area (Å²) in [6.07, 6.45) is -2.81. The summed E-state index contributed by atoms with van der Waals surface area (Å²) in [5.41, 5.74) is 1.67. The van der Waals surface area contributed by atoms with Crippen LogP contribution in [0.2, 0.25) is 0 Å². The molecule has 0 radical (unpaired) electrons. The van der Waals surface area contributed by atoms with E-state index in [1.807, 2.05) is 6.07 Å². The fraction of sp³-hybridized carbons (Fsp3) is 0.467. The molecule has 1 aromatic heterocycles. The van der Waals surface area contributed by atoms with Gasteiger partial charge in [-0.1, -0.05) is 0 Å². The molecule has 2 N–H and O–H groups in total. The van der Waals surface area contributed by atoms with Crippen molar-refractivity contribution < 1.29 is 23.0 Å². The topological polar surface area (TPSA) is 46.4 Å². The first kappa shape index (κ1) is 13.8. The first-order valence-corrected chi connectivity index (χ1v) is 7.28. The van der Waals surface area contributed by atoms with Gasteiger partial charge in [-0.15, -0.1) is 13.2 Å².